The maximum atomic E-state index is 2.45. The molecule has 0 radical (unpaired) electrons. The van der Waals surface area contributed by atoms with Crippen LogP contribution in [0.5, 0.6) is 0 Å². The molecule has 0 N–H and O–H groups in total. The molecule has 0 aliphatic rings. The van der Waals surface area contributed by atoms with Crippen molar-refractivity contribution in [3.05, 3.63) is 0 Å². The zero-order chi connectivity index (χ0) is 11.8. The van der Waals surface area contributed by atoms with Gasteiger partial charge in [-0.3, -0.25) is 0 Å². The van der Waals surface area contributed by atoms with Crippen molar-refractivity contribution < 1.29 is 0 Å². The minimum Gasteiger partial charge on any atom is -0.310 e. The highest BCUT2D eigenvalue weighted by molar-refractivity contribution is 6.39. The van der Waals surface area contributed by atoms with Gasteiger partial charge in [-0.1, -0.05) is 26.7 Å². The first-order chi connectivity index (χ1) is 7.02. The Bertz CT molecular complexity index is 133. The van der Waals surface area contributed by atoms with E-state index < -0.39 is 0 Å². The van der Waals surface area contributed by atoms with Crippen LogP contribution >= 0.6 is 0 Å². The topological polar surface area (TPSA) is 6.48 Å². The number of hydrogen-bond acceptors (Lipinski definition) is 2. The third kappa shape index (κ3) is 6.33. The first-order valence-corrected chi connectivity index (χ1v) is 7.99. The summed E-state index contributed by atoms with van der Waals surface area (Å²) in [6.45, 7) is 4.60. The smallest absolute Gasteiger partial charge is 0.0609 e. The van der Waals surface area contributed by atoms with Gasteiger partial charge in [-0.15, -0.1) is 0 Å². The van der Waals surface area contributed by atoms with Crippen LogP contribution in [0.1, 0.15) is 39.5 Å². The average molecular weight is 230 g/mol. The molecule has 0 aromatic heterocycles. The molecule has 0 bridgehead atoms. The van der Waals surface area contributed by atoms with Crippen molar-refractivity contribution in [2.24, 2.45) is 0 Å². The molecule has 0 saturated carbocycles. The molecule has 92 valence electrons. The van der Waals surface area contributed by atoms with Gasteiger partial charge in [0.15, 0.2) is 0 Å². The molecule has 2 unspecified atom stereocenters. The molecule has 0 aliphatic heterocycles. The third-order valence-corrected chi connectivity index (χ3v) is 6.61. The Morgan fingerprint density at radius 3 is 1.33 bits per heavy atom. The minimum atomic E-state index is -0.0258. The van der Waals surface area contributed by atoms with Crippen molar-refractivity contribution in [1.29, 1.82) is 0 Å². The predicted molar refractivity (Wildman–Crippen MR) is 73.3 cm³/mol. The molecule has 0 amide bonds. The van der Waals surface area contributed by atoms with Crippen LogP contribution < -0.4 is 0 Å². The Morgan fingerprint density at radius 1 is 0.800 bits per heavy atom. The Hall–Kier alpha value is 0.137. The van der Waals surface area contributed by atoms with Gasteiger partial charge in [0.25, 0.3) is 0 Å². The van der Waals surface area contributed by atoms with Gasteiger partial charge in [-0.2, -0.15) is 0 Å². The van der Waals surface area contributed by atoms with Crippen molar-refractivity contribution >= 4 is 9.52 Å². The summed E-state index contributed by atoms with van der Waals surface area (Å²) in [6.07, 6.45) is 5.41. The maximum Gasteiger partial charge on any atom is 0.0609 e. The fourth-order valence-corrected chi connectivity index (χ4v) is 4.91. The number of nitrogens with zero attached hydrogens (tertiary/aromatic N) is 2. The molecule has 0 aromatic carbocycles. The predicted octanol–water partition coefficient (Wildman–Crippen LogP) is 1.53. The standard InChI is InChI=1S/C12H30N2Si/c1-7-9-11(13(3)4)15-12(10-8-2)14(5)6/h11-12H,7-10,15H2,1-6H3. The fraction of sp³-hybridized carbons (Fsp3) is 1.00. The minimum absolute atomic E-state index is 0.0258. The quantitative estimate of drug-likeness (QED) is 0.584. The summed E-state index contributed by atoms with van der Waals surface area (Å²) in [5.74, 6) is 0. The van der Waals surface area contributed by atoms with Crippen LogP contribution in [0, 0.1) is 0 Å². The average Bonchev–Trinajstić information content (AvgIpc) is 2.15. The second-order valence-electron chi connectivity index (χ2n) is 5.05. The first kappa shape index (κ1) is 15.1. The van der Waals surface area contributed by atoms with E-state index in [1.807, 2.05) is 0 Å². The van der Waals surface area contributed by atoms with Gasteiger partial charge < -0.3 is 9.80 Å². The van der Waals surface area contributed by atoms with Crippen molar-refractivity contribution in [1.82, 2.24) is 9.80 Å². The highest BCUT2D eigenvalue weighted by atomic mass is 28.2. The van der Waals surface area contributed by atoms with Crippen molar-refractivity contribution in [3.63, 3.8) is 0 Å². The Morgan fingerprint density at radius 2 is 1.13 bits per heavy atom. The van der Waals surface area contributed by atoms with Gasteiger partial charge in [0.2, 0.25) is 0 Å². The summed E-state index contributed by atoms with van der Waals surface area (Å²) in [4.78, 5) is 4.89. The van der Waals surface area contributed by atoms with Gasteiger partial charge in [0.05, 0.1) is 9.52 Å². The van der Waals surface area contributed by atoms with Gasteiger partial charge in [-0.05, 0) is 52.4 Å². The largest absolute Gasteiger partial charge is 0.310 e. The monoisotopic (exact) mass is 230 g/mol. The van der Waals surface area contributed by atoms with Gasteiger partial charge in [0, 0.05) is 0 Å². The molecule has 0 aromatic rings. The van der Waals surface area contributed by atoms with Crippen LogP contribution in [0.2, 0.25) is 0 Å². The molecule has 0 heterocycles. The highest BCUT2D eigenvalue weighted by Crippen LogP contribution is 2.09. The molecule has 0 aliphatic carbocycles. The highest BCUT2D eigenvalue weighted by Gasteiger charge is 2.19. The second-order valence-corrected chi connectivity index (χ2v) is 7.40. The lowest BCUT2D eigenvalue weighted by Gasteiger charge is -2.31. The van der Waals surface area contributed by atoms with Gasteiger partial charge in [0.1, 0.15) is 0 Å². The summed E-state index contributed by atoms with van der Waals surface area (Å²) in [6, 6.07) is 0. The molecule has 0 spiro atoms. The van der Waals surface area contributed by atoms with Crippen LogP contribution in [0.4, 0.5) is 0 Å². The summed E-state index contributed by atoms with van der Waals surface area (Å²) >= 11 is 0. The molecular weight excluding hydrogens is 200 g/mol. The van der Waals surface area contributed by atoms with E-state index in [2.05, 4.69) is 51.8 Å². The summed E-state index contributed by atoms with van der Waals surface area (Å²) in [7, 11) is 8.94. The molecule has 0 fully saturated rings. The van der Waals surface area contributed by atoms with Crippen molar-refractivity contribution in [3.8, 4) is 0 Å². The van der Waals surface area contributed by atoms with E-state index in [9.17, 15) is 0 Å². The van der Waals surface area contributed by atoms with Gasteiger partial charge in [-0.25, -0.2) is 0 Å². The van der Waals surface area contributed by atoms with Crippen molar-refractivity contribution in [2.75, 3.05) is 28.2 Å². The molecular formula is C12H30N2Si. The van der Waals surface area contributed by atoms with E-state index in [4.69, 9.17) is 0 Å². The lowest BCUT2D eigenvalue weighted by molar-refractivity contribution is 0.317. The summed E-state index contributed by atoms with van der Waals surface area (Å²) in [5, 5.41) is 0. The molecule has 2 nitrogen and oxygen atoms in total. The normalized spacial score (nSPS) is 16.8. The van der Waals surface area contributed by atoms with E-state index in [-0.39, 0.29) is 9.52 Å². The molecule has 15 heavy (non-hydrogen) atoms. The molecule has 3 heteroatoms. The lowest BCUT2D eigenvalue weighted by atomic mass is 10.3. The zero-order valence-corrected chi connectivity index (χ0v) is 13.0. The fourth-order valence-electron chi connectivity index (χ4n) is 2.15. The maximum absolute atomic E-state index is 2.45. The van der Waals surface area contributed by atoms with Crippen LogP contribution in [-0.2, 0) is 0 Å². The van der Waals surface area contributed by atoms with Crippen LogP contribution in [0.3, 0.4) is 0 Å². The third-order valence-electron chi connectivity index (χ3n) is 3.25. The van der Waals surface area contributed by atoms with Crippen LogP contribution in [0.15, 0.2) is 0 Å². The van der Waals surface area contributed by atoms with Crippen LogP contribution in [-0.4, -0.2) is 58.8 Å². The molecule has 0 rings (SSSR count). The van der Waals surface area contributed by atoms with Crippen molar-refractivity contribution in [2.45, 2.75) is 50.9 Å². The summed E-state index contributed by atoms with van der Waals surface area (Å²) < 4.78 is 0. The van der Waals surface area contributed by atoms with E-state index in [1.165, 1.54) is 25.7 Å². The Labute approximate surface area is 98.8 Å². The number of hydrogen-bond donors (Lipinski definition) is 0. The van der Waals surface area contributed by atoms with E-state index >= 15 is 0 Å². The Kier molecular flexibility index (Phi) is 8.38. The molecule has 2 atom stereocenters. The van der Waals surface area contributed by atoms with E-state index in [0.717, 1.165) is 11.3 Å². The zero-order valence-electron chi connectivity index (χ0n) is 11.6. The van der Waals surface area contributed by atoms with E-state index in [0.29, 0.717) is 0 Å². The van der Waals surface area contributed by atoms with Crippen LogP contribution in [0.25, 0.3) is 0 Å². The summed E-state index contributed by atoms with van der Waals surface area (Å²) in [5.41, 5.74) is 1.77. The van der Waals surface area contributed by atoms with E-state index in [1.54, 1.807) is 0 Å². The SMILES string of the molecule is CCCC([SiH2]C(CCC)N(C)C)N(C)C. The molecule has 0 saturated heterocycles. The van der Waals surface area contributed by atoms with Gasteiger partial charge >= 0.3 is 0 Å². The number of rotatable bonds is 8. The Balaban J connectivity index is 4.19. The lowest BCUT2D eigenvalue weighted by Crippen LogP contribution is -2.45. The second kappa shape index (κ2) is 8.31. The first-order valence-electron chi connectivity index (χ1n) is 6.35.